The molecule has 0 bridgehead atoms. The summed E-state index contributed by atoms with van der Waals surface area (Å²) < 4.78 is 10.9. The summed E-state index contributed by atoms with van der Waals surface area (Å²) in [6.45, 7) is 2.43. The van der Waals surface area contributed by atoms with Crippen molar-refractivity contribution in [2.45, 2.75) is 12.8 Å². The molecule has 1 aliphatic heterocycles. The van der Waals surface area contributed by atoms with E-state index in [0.717, 1.165) is 18.6 Å². The van der Waals surface area contributed by atoms with Gasteiger partial charge >= 0.3 is 0 Å². The Morgan fingerprint density at radius 1 is 1.35 bits per heavy atom. The van der Waals surface area contributed by atoms with Crippen LogP contribution in [0.15, 0.2) is 24.3 Å². The van der Waals surface area contributed by atoms with Crippen molar-refractivity contribution in [3.05, 3.63) is 29.3 Å². The summed E-state index contributed by atoms with van der Waals surface area (Å²) in [6, 6.07) is 7.22. The number of hydrogen-bond acceptors (Lipinski definition) is 3. The Balaban J connectivity index is 1.72. The lowest BCUT2D eigenvalue weighted by atomic mass is 9.99. The van der Waals surface area contributed by atoms with E-state index in [1.54, 1.807) is 17.0 Å². The van der Waals surface area contributed by atoms with Crippen LogP contribution < -0.4 is 4.74 Å². The van der Waals surface area contributed by atoms with Gasteiger partial charge in [0.05, 0.1) is 6.54 Å². The SMILES string of the molecule is CN(CCOc1ccc(Cl)cc1)C(=O)C1CCOCC1. The minimum Gasteiger partial charge on any atom is -0.492 e. The lowest BCUT2D eigenvalue weighted by Crippen LogP contribution is -2.38. The van der Waals surface area contributed by atoms with Gasteiger partial charge in [-0.05, 0) is 37.1 Å². The van der Waals surface area contributed by atoms with Gasteiger partial charge in [0.1, 0.15) is 12.4 Å². The van der Waals surface area contributed by atoms with E-state index in [1.807, 2.05) is 19.2 Å². The van der Waals surface area contributed by atoms with Crippen molar-refractivity contribution in [2.75, 3.05) is 33.4 Å². The highest BCUT2D eigenvalue weighted by molar-refractivity contribution is 6.30. The average Bonchev–Trinajstić information content (AvgIpc) is 2.49. The van der Waals surface area contributed by atoms with Gasteiger partial charge in [-0.2, -0.15) is 0 Å². The molecule has 0 saturated carbocycles. The topological polar surface area (TPSA) is 38.8 Å². The second kappa shape index (κ2) is 7.50. The largest absolute Gasteiger partial charge is 0.492 e. The first-order valence-electron chi connectivity index (χ1n) is 6.88. The van der Waals surface area contributed by atoms with Gasteiger partial charge in [-0.15, -0.1) is 0 Å². The van der Waals surface area contributed by atoms with Gasteiger partial charge in [-0.3, -0.25) is 4.79 Å². The molecule has 0 N–H and O–H groups in total. The summed E-state index contributed by atoms with van der Waals surface area (Å²) in [5.74, 6) is 1.05. The molecule has 1 aliphatic rings. The first-order valence-corrected chi connectivity index (χ1v) is 7.25. The number of amides is 1. The predicted octanol–water partition coefficient (Wildman–Crippen LogP) is 2.60. The van der Waals surface area contributed by atoms with Crippen molar-refractivity contribution >= 4 is 17.5 Å². The zero-order valence-electron chi connectivity index (χ0n) is 11.7. The number of ether oxygens (including phenoxy) is 2. The van der Waals surface area contributed by atoms with Crippen LogP contribution in [0.25, 0.3) is 0 Å². The number of nitrogens with zero attached hydrogens (tertiary/aromatic N) is 1. The lowest BCUT2D eigenvalue weighted by Gasteiger charge is -2.26. The maximum atomic E-state index is 12.2. The highest BCUT2D eigenvalue weighted by Gasteiger charge is 2.24. The number of benzene rings is 1. The number of carbonyl (C=O) groups excluding carboxylic acids is 1. The van der Waals surface area contributed by atoms with Gasteiger partial charge in [0.2, 0.25) is 5.91 Å². The molecule has 1 aromatic carbocycles. The minimum atomic E-state index is 0.101. The molecule has 0 aromatic heterocycles. The Hall–Kier alpha value is -1.26. The highest BCUT2D eigenvalue weighted by atomic mass is 35.5. The smallest absolute Gasteiger partial charge is 0.225 e. The van der Waals surface area contributed by atoms with Crippen LogP contribution in [0, 0.1) is 5.92 Å². The van der Waals surface area contributed by atoms with Crippen LogP contribution in [-0.2, 0) is 9.53 Å². The maximum absolute atomic E-state index is 12.2. The molecule has 4 nitrogen and oxygen atoms in total. The average molecular weight is 298 g/mol. The fourth-order valence-electron chi connectivity index (χ4n) is 2.20. The monoisotopic (exact) mass is 297 g/mol. The second-order valence-corrected chi connectivity index (χ2v) is 5.39. The van der Waals surface area contributed by atoms with E-state index in [0.29, 0.717) is 31.4 Å². The molecule has 0 unspecified atom stereocenters. The summed E-state index contributed by atoms with van der Waals surface area (Å²) in [4.78, 5) is 13.9. The number of likely N-dealkylation sites (N-methyl/N-ethyl adjacent to an activating group) is 1. The van der Waals surface area contributed by atoms with E-state index in [4.69, 9.17) is 21.1 Å². The van der Waals surface area contributed by atoms with Crippen LogP contribution >= 0.6 is 11.6 Å². The normalized spacial score (nSPS) is 15.9. The molecule has 20 heavy (non-hydrogen) atoms. The fourth-order valence-corrected chi connectivity index (χ4v) is 2.32. The molecule has 0 spiro atoms. The van der Waals surface area contributed by atoms with Crippen molar-refractivity contribution in [3.8, 4) is 5.75 Å². The van der Waals surface area contributed by atoms with E-state index in [2.05, 4.69) is 0 Å². The van der Waals surface area contributed by atoms with E-state index < -0.39 is 0 Å². The van der Waals surface area contributed by atoms with E-state index in [-0.39, 0.29) is 11.8 Å². The number of carbonyl (C=O) groups is 1. The number of rotatable bonds is 5. The number of halogens is 1. The predicted molar refractivity (Wildman–Crippen MR) is 78.1 cm³/mol. The Morgan fingerprint density at radius 3 is 2.65 bits per heavy atom. The molecule has 110 valence electrons. The van der Waals surface area contributed by atoms with Gasteiger partial charge < -0.3 is 14.4 Å². The van der Waals surface area contributed by atoms with E-state index >= 15 is 0 Å². The van der Waals surface area contributed by atoms with Crippen molar-refractivity contribution in [2.24, 2.45) is 5.92 Å². The molecule has 1 fully saturated rings. The summed E-state index contributed by atoms with van der Waals surface area (Å²) in [7, 11) is 1.82. The summed E-state index contributed by atoms with van der Waals surface area (Å²) in [5, 5.41) is 0.684. The summed E-state index contributed by atoms with van der Waals surface area (Å²) in [6.07, 6.45) is 1.64. The van der Waals surface area contributed by atoms with Crippen LogP contribution in [0.1, 0.15) is 12.8 Å². The minimum absolute atomic E-state index is 0.101. The molecule has 1 saturated heterocycles. The van der Waals surface area contributed by atoms with Gasteiger partial charge in [0.25, 0.3) is 0 Å². The zero-order chi connectivity index (χ0) is 14.4. The standard InChI is InChI=1S/C15H20ClNO3/c1-17(15(18)12-6-9-19-10-7-12)8-11-20-14-4-2-13(16)3-5-14/h2-5,12H,6-11H2,1H3. The molecule has 1 aromatic rings. The van der Waals surface area contributed by atoms with Gasteiger partial charge in [-0.1, -0.05) is 11.6 Å². The molecule has 2 rings (SSSR count). The number of hydrogen-bond donors (Lipinski definition) is 0. The Labute approximate surface area is 124 Å². The van der Waals surface area contributed by atoms with Gasteiger partial charge in [-0.25, -0.2) is 0 Å². The molecule has 1 amide bonds. The molecular weight excluding hydrogens is 278 g/mol. The Morgan fingerprint density at radius 2 is 2.00 bits per heavy atom. The third-order valence-corrected chi connectivity index (χ3v) is 3.71. The molecule has 5 heteroatoms. The quantitative estimate of drug-likeness (QED) is 0.838. The van der Waals surface area contributed by atoms with Crippen LogP contribution in [0.5, 0.6) is 5.75 Å². The van der Waals surface area contributed by atoms with Crippen LogP contribution in [0.3, 0.4) is 0 Å². The van der Waals surface area contributed by atoms with Crippen LogP contribution in [0.2, 0.25) is 5.02 Å². The molecular formula is C15H20ClNO3. The van der Waals surface area contributed by atoms with E-state index in [9.17, 15) is 4.79 Å². The summed E-state index contributed by atoms with van der Waals surface area (Å²) in [5.41, 5.74) is 0. The third-order valence-electron chi connectivity index (χ3n) is 3.46. The second-order valence-electron chi connectivity index (χ2n) is 4.95. The van der Waals surface area contributed by atoms with E-state index in [1.165, 1.54) is 0 Å². The van der Waals surface area contributed by atoms with Crippen LogP contribution in [-0.4, -0.2) is 44.2 Å². The van der Waals surface area contributed by atoms with Gasteiger partial charge in [0.15, 0.2) is 0 Å². The van der Waals surface area contributed by atoms with Gasteiger partial charge in [0, 0.05) is 31.2 Å². The molecule has 0 atom stereocenters. The van der Waals surface area contributed by atoms with Crippen molar-refractivity contribution < 1.29 is 14.3 Å². The fraction of sp³-hybridized carbons (Fsp3) is 0.533. The first-order chi connectivity index (χ1) is 9.66. The first kappa shape index (κ1) is 15.1. The lowest BCUT2D eigenvalue weighted by molar-refractivity contribution is -0.137. The molecule has 0 aliphatic carbocycles. The Kier molecular flexibility index (Phi) is 5.68. The summed E-state index contributed by atoms with van der Waals surface area (Å²) >= 11 is 5.81. The van der Waals surface area contributed by atoms with Crippen LogP contribution in [0.4, 0.5) is 0 Å². The van der Waals surface area contributed by atoms with Crippen molar-refractivity contribution in [1.82, 2.24) is 4.90 Å². The van der Waals surface area contributed by atoms with Crippen molar-refractivity contribution in [3.63, 3.8) is 0 Å². The van der Waals surface area contributed by atoms with Crippen molar-refractivity contribution in [1.29, 1.82) is 0 Å². The third kappa shape index (κ3) is 4.39. The zero-order valence-corrected chi connectivity index (χ0v) is 12.4. The molecule has 1 heterocycles. The molecule has 0 radical (unpaired) electrons. The highest BCUT2D eigenvalue weighted by Crippen LogP contribution is 2.17. The Bertz CT molecular complexity index is 429. The maximum Gasteiger partial charge on any atom is 0.225 e.